The van der Waals surface area contributed by atoms with Gasteiger partial charge in [0.1, 0.15) is 11.6 Å². The van der Waals surface area contributed by atoms with Crippen molar-refractivity contribution in [2.24, 2.45) is 11.8 Å². The molecule has 0 radical (unpaired) electrons. The highest BCUT2D eigenvalue weighted by Crippen LogP contribution is 2.28. The number of hydrogen-bond donors (Lipinski definition) is 2. The predicted molar refractivity (Wildman–Crippen MR) is 107 cm³/mol. The van der Waals surface area contributed by atoms with E-state index in [1.54, 1.807) is 0 Å². The third-order valence-electron chi connectivity index (χ3n) is 6.26. The van der Waals surface area contributed by atoms with Crippen LogP contribution in [0.15, 0.2) is 28.8 Å². The topological polar surface area (TPSA) is 95.7 Å². The van der Waals surface area contributed by atoms with Gasteiger partial charge in [0.05, 0.1) is 11.5 Å². The number of halogens is 2. The van der Waals surface area contributed by atoms with Crippen molar-refractivity contribution < 1.29 is 28.0 Å². The average molecular weight is 433 g/mol. The van der Waals surface area contributed by atoms with Crippen molar-refractivity contribution in [2.45, 2.75) is 38.1 Å². The number of likely N-dealkylation sites (tertiary alicyclic amines) is 1. The molecule has 1 aliphatic heterocycles. The summed E-state index contributed by atoms with van der Waals surface area (Å²) in [5.74, 6) is -3.19. The Morgan fingerprint density at radius 2 is 1.97 bits per heavy atom. The number of carbonyl (C=O) groups is 2. The fraction of sp³-hybridized carbons (Fsp3) is 0.500. The van der Waals surface area contributed by atoms with Crippen LogP contribution in [-0.4, -0.2) is 52.7 Å². The van der Waals surface area contributed by atoms with Crippen LogP contribution in [0.2, 0.25) is 0 Å². The van der Waals surface area contributed by atoms with Crippen molar-refractivity contribution >= 4 is 11.9 Å². The first-order valence-electron chi connectivity index (χ1n) is 10.6. The van der Waals surface area contributed by atoms with E-state index in [4.69, 9.17) is 4.52 Å². The van der Waals surface area contributed by atoms with Gasteiger partial charge in [-0.25, -0.2) is 8.78 Å². The molecule has 1 aromatic carbocycles. The molecule has 9 heteroatoms. The molecule has 0 unspecified atom stereocenters. The Hall–Kier alpha value is -2.81. The summed E-state index contributed by atoms with van der Waals surface area (Å²) in [6, 6.07) is 3.73. The second-order valence-electron chi connectivity index (χ2n) is 8.42. The molecule has 1 saturated carbocycles. The maximum Gasteiger partial charge on any atom is 0.309 e. The molecule has 2 fully saturated rings. The summed E-state index contributed by atoms with van der Waals surface area (Å²) in [6.45, 7) is 2.01. The zero-order valence-electron chi connectivity index (χ0n) is 17.0. The lowest BCUT2D eigenvalue weighted by Gasteiger charge is -2.37. The highest BCUT2D eigenvalue weighted by atomic mass is 19.1. The van der Waals surface area contributed by atoms with Gasteiger partial charge in [-0.05, 0) is 37.3 Å². The molecule has 0 spiro atoms. The van der Waals surface area contributed by atoms with E-state index in [1.807, 2.05) is 0 Å². The first-order valence-corrected chi connectivity index (χ1v) is 10.6. The zero-order valence-corrected chi connectivity index (χ0v) is 17.0. The molecule has 1 aromatic heterocycles. The summed E-state index contributed by atoms with van der Waals surface area (Å²) < 4.78 is 32.1. The van der Waals surface area contributed by atoms with Gasteiger partial charge >= 0.3 is 5.97 Å². The third-order valence-corrected chi connectivity index (χ3v) is 6.26. The number of hydrogen-bond acceptors (Lipinski definition) is 5. The van der Waals surface area contributed by atoms with Gasteiger partial charge in [-0.1, -0.05) is 18.0 Å². The summed E-state index contributed by atoms with van der Waals surface area (Å²) in [5, 5.41) is 16.1. The first kappa shape index (κ1) is 21.4. The SMILES string of the molecule is O=C(N[C@@H]1CCN(CC2CCCC2)C[C@H]1C(=O)O)c1cc(-c2ccc(F)cc2F)on1. The van der Waals surface area contributed by atoms with E-state index in [-0.39, 0.29) is 17.0 Å². The van der Waals surface area contributed by atoms with Crippen LogP contribution in [-0.2, 0) is 4.79 Å². The minimum Gasteiger partial charge on any atom is -0.481 e. The van der Waals surface area contributed by atoms with Crippen LogP contribution < -0.4 is 5.32 Å². The second-order valence-corrected chi connectivity index (χ2v) is 8.42. The van der Waals surface area contributed by atoms with Gasteiger partial charge in [0, 0.05) is 37.8 Å². The van der Waals surface area contributed by atoms with E-state index in [1.165, 1.54) is 37.8 Å². The van der Waals surface area contributed by atoms with Gasteiger partial charge in [-0.2, -0.15) is 0 Å². The number of piperidine rings is 1. The Morgan fingerprint density at radius 3 is 2.68 bits per heavy atom. The van der Waals surface area contributed by atoms with Crippen molar-refractivity contribution in [3.05, 3.63) is 41.6 Å². The second kappa shape index (κ2) is 9.13. The summed E-state index contributed by atoms with van der Waals surface area (Å²) >= 11 is 0. The van der Waals surface area contributed by atoms with Gasteiger partial charge < -0.3 is 19.8 Å². The minimum atomic E-state index is -0.948. The van der Waals surface area contributed by atoms with Crippen LogP contribution in [0.5, 0.6) is 0 Å². The smallest absolute Gasteiger partial charge is 0.309 e. The molecule has 166 valence electrons. The molecule has 2 aliphatic rings. The molecule has 1 saturated heterocycles. The maximum atomic E-state index is 13.9. The summed E-state index contributed by atoms with van der Waals surface area (Å²) in [5.41, 5.74) is -0.104. The molecule has 0 bridgehead atoms. The standard InChI is InChI=1S/C22H25F2N3O4/c23-14-5-6-15(17(24)9-14)20-10-19(26-31-20)21(28)25-18-7-8-27(12-16(18)22(29)30)11-13-3-1-2-4-13/h5-6,9-10,13,16,18H,1-4,7-8,11-12H2,(H,25,28)(H,29,30)/t16-,18-/m1/s1. The fourth-order valence-electron chi connectivity index (χ4n) is 4.61. The van der Waals surface area contributed by atoms with Crippen molar-refractivity contribution in [1.29, 1.82) is 0 Å². The molecule has 7 nitrogen and oxygen atoms in total. The van der Waals surface area contributed by atoms with Crippen LogP contribution in [0.4, 0.5) is 8.78 Å². The highest BCUT2D eigenvalue weighted by Gasteiger charge is 2.36. The summed E-state index contributed by atoms with van der Waals surface area (Å²) in [4.78, 5) is 26.6. The Bertz CT molecular complexity index is 958. The number of carboxylic acid groups (broad SMARTS) is 1. The van der Waals surface area contributed by atoms with Crippen LogP contribution in [0.3, 0.4) is 0 Å². The lowest BCUT2D eigenvalue weighted by molar-refractivity contribution is -0.144. The molecule has 2 aromatic rings. The Labute approximate surface area is 178 Å². The van der Waals surface area contributed by atoms with E-state index in [2.05, 4.69) is 15.4 Å². The summed E-state index contributed by atoms with van der Waals surface area (Å²) in [6.07, 6.45) is 5.38. The Morgan fingerprint density at radius 1 is 1.19 bits per heavy atom. The van der Waals surface area contributed by atoms with Crippen LogP contribution >= 0.6 is 0 Å². The van der Waals surface area contributed by atoms with E-state index in [0.717, 1.165) is 19.2 Å². The van der Waals surface area contributed by atoms with Gasteiger partial charge in [0.2, 0.25) is 0 Å². The number of carbonyl (C=O) groups excluding carboxylic acids is 1. The quantitative estimate of drug-likeness (QED) is 0.726. The molecule has 1 aliphatic carbocycles. The van der Waals surface area contributed by atoms with Gasteiger partial charge in [0.15, 0.2) is 11.5 Å². The van der Waals surface area contributed by atoms with Crippen LogP contribution in [0.1, 0.15) is 42.6 Å². The number of carboxylic acids is 1. The maximum absolute atomic E-state index is 13.9. The zero-order chi connectivity index (χ0) is 22.0. The normalized spacial score (nSPS) is 22.5. The van der Waals surface area contributed by atoms with Crippen molar-refractivity contribution in [3.63, 3.8) is 0 Å². The molecule has 2 heterocycles. The van der Waals surface area contributed by atoms with Gasteiger partial charge in [0.25, 0.3) is 5.91 Å². The Balaban J connectivity index is 1.40. The van der Waals surface area contributed by atoms with Crippen LogP contribution in [0.25, 0.3) is 11.3 Å². The molecule has 2 N–H and O–H groups in total. The molecule has 2 atom stereocenters. The predicted octanol–water partition coefficient (Wildman–Crippen LogP) is 3.31. The molecular formula is C22H25F2N3O4. The number of nitrogens with zero attached hydrogens (tertiary/aromatic N) is 2. The number of benzene rings is 1. The largest absolute Gasteiger partial charge is 0.481 e. The lowest BCUT2D eigenvalue weighted by Crippen LogP contribution is -2.54. The van der Waals surface area contributed by atoms with Crippen LogP contribution in [0, 0.1) is 23.5 Å². The average Bonchev–Trinajstić information content (AvgIpc) is 3.41. The Kier molecular flexibility index (Phi) is 6.31. The molecule has 4 rings (SSSR count). The van der Waals surface area contributed by atoms with Gasteiger partial charge in [-0.15, -0.1) is 0 Å². The van der Waals surface area contributed by atoms with E-state index in [9.17, 15) is 23.5 Å². The summed E-state index contributed by atoms with van der Waals surface area (Å²) in [7, 11) is 0. The number of nitrogens with one attached hydrogen (secondary N) is 1. The highest BCUT2D eigenvalue weighted by molar-refractivity contribution is 5.93. The van der Waals surface area contributed by atoms with E-state index in [0.29, 0.717) is 24.9 Å². The van der Waals surface area contributed by atoms with Crippen molar-refractivity contribution in [1.82, 2.24) is 15.4 Å². The molecule has 1 amide bonds. The van der Waals surface area contributed by atoms with E-state index >= 15 is 0 Å². The number of amides is 1. The number of aromatic nitrogens is 1. The fourth-order valence-corrected chi connectivity index (χ4v) is 4.61. The van der Waals surface area contributed by atoms with Crippen molar-refractivity contribution in [2.75, 3.05) is 19.6 Å². The van der Waals surface area contributed by atoms with Gasteiger partial charge in [-0.3, -0.25) is 9.59 Å². The monoisotopic (exact) mass is 433 g/mol. The minimum absolute atomic E-state index is 0.0104. The lowest BCUT2D eigenvalue weighted by atomic mass is 9.91. The number of rotatable bonds is 6. The molecular weight excluding hydrogens is 408 g/mol. The number of aliphatic carboxylic acids is 1. The third kappa shape index (κ3) is 4.92. The van der Waals surface area contributed by atoms with E-state index < -0.39 is 35.5 Å². The van der Waals surface area contributed by atoms with Crippen molar-refractivity contribution in [3.8, 4) is 11.3 Å². The molecule has 31 heavy (non-hydrogen) atoms. The first-order chi connectivity index (χ1) is 14.9.